The molecule has 0 fully saturated rings. The van der Waals surface area contributed by atoms with Gasteiger partial charge in [-0.15, -0.1) is 10.2 Å². The van der Waals surface area contributed by atoms with Crippen LogP contribution >= 0.6 is 0 Å². The molecule has 3 nitrogen and oxygen atoms in total. The van der Waals surface area contributed by atoms with Gasteiger partial charge in [0.2, 0.25) is 0 Å². The normalized spacial score (nSPS) is 14.7. The van der Waals surface area contributed by atoms with Crippen molar-refractivity contribution >= 4 is 23.1 Å². The molecule has 2 aromatic carbocycles. The SMILES string of the molecule is CN(C)c1ccc(C=C2N=Nc3ccccc32)cc1. The molecular weight excluding hydrogens is 234 g/mol. The number of hydrogen-bond acceptors (Lipinski definition) is 3. The van der Waals surface area contributed by atoms with Gasteiger partial charge < -0.3 is 4.90 Å². The van der Waals surface area contributed by atoms with E-state index in [9.17, 15) is 0 Å². The maximum Gasteiger partial charge on any atom is 0.0957 e. The second-order valence-corrected chi connectivity index (χ2v) is 4.73. The van der Waals surface area contributed by atoms with Gasteiger partial charge in [0.15, 0.2) is 0 Å². The molecule has 0 N–H and O–H groups in total. The van der Waals surface area contributed by atoms with Crippen LogP contribution in [0, 0.1) is 0 Å². The second-order valence-electron chi connectivity index (χ2n) is 4.73. The van der Waals surface area contributed by atoms with E-state index < -0.39 is 0 Å². The van der Waals surface area contributed by atoms with E-state index in [2.05, 4.69) is 51.5 Å². The molecule has 0 saturated carbocycles. The predicted molar refractivity (Wildman–Crippen MR) is 79.6 cm³/mol. The largest absolute Gasteiger partial charge is 0.378 e. The molecule has 0 unspecified atom stereocenters. The molecule has 0 bridgehead atoms. The molecule has 94 valence electrons. The molecule has 1 aliphatic heterocycles. The molecule has 0 spiro atoms. The zero-order valence-corrected chi connectivity index (χ0v) is 11.0. The summed E-state index contributed by atoms with van der Waals surface area (Å²) in [5, 5.41) is 8.40. The molecule has 2 aromatic rings. The standard InChI is InChI=1S/C16H15N3/c1-19(2)13-9-7-12(8-10-13)11-16-14-5-3-4-6-15(14)17-18-16/h3-11H,1-2H3. The number of fused-ring (bicyclic) bond motifs is 1. The minimum absolute atomic E-state index is 0.924. The van der Waals surface area contributed by atoms with Crippen LogP contribution in [0.25, 0.3) is 11.8 Å². The molecule has 0 saturated heterocycles. The van der Waals surface area contributed by atoms with Crippen molar-refractivity contribution in [1.29, 1.82) is 0 Å². The first-order valence-corrected chi connectivity index (χ1v) is 6.24. The highest BCUT2D eigenvalue weighted by Gasteiger charge is 2.12. The molecule has 19 heavy (non-hydrogen) atoms. The monoisotopic (exact) mass is 249 g/mol. The Balaban J connectivity index is 1.93. The first-order valence-electron chi connectivity index (χ1n) is 6.24. The number of hydrogen-bond donors (Lipinski definition) is 0. The van der Waals surface area contributed by atoms with Crippen LogP contribution in [0.4, 0.5) is 11.4 Å². The van der Waals surface area contributed by atoms with Crippen LogP contribution in [-0.2, 0) is 0 Å². The van der Waals surface area contributed by atoms with Gasteiger partial charge in [-0.3, -0.25) is 0 Å². The van der Waals surface area contributed by atoms with Crippen molar-refractivity contribution in [2.45, 2.75) is 0 Å². The molecule has 3 heteroatoms. The highest BCUT2D eigenvalue weighted by molar-refractivity contribution is 5.87. The molecule has 1 heterocycles. The third-order valence-corrected chi connectivity index (χ3v) is 3.16. The van der Waals surface area contributed by atoms with E-state index in [1.807, 2.05) is 32.3 Å². The Morgan fingerprint density at radius 3 is 2.37 bits per heavy atom. The van der Waals surface area contributed by atoms with Crippen molar-refractivity contribution < 1.29 is 0 Å². The van der Waals surface area contributed by atoms with Crippen LogP contribution in [0.15, 0.2) is 58.8 Å². The summed E-state index contributed by atoms with van der Waals surface area (Å²) in [6.07, 6.45) is 2.06. The lowest BCUT2D eigenvalue weighted by atomic mass is 10.1. The van der Waals surface area contributed by atoms with Crippen molar-refractivity contribution in [1.82, 2.24) is 0 Å². The Hall–Kier alpha value is -2.42. The maximum absolute atomic E-state index is 4.23. The summed E-state index contributed by atoms with van der Waals surface area (Å²) in [5.74, 6) is 0. The summed E-state index contributed by atoms with van der Waals surface area (Å²) in [4.78, 5) is 2.08. The number of rotatable bonds is 2. The Kier molecular flexibility index (Phi) is 2.88. The lowest BCUT2D eigenvalue weighted by Crippen LogP contribution is -2.07. The van der Waals surface area contributed by atoms with E-state index in [4.69, 9.17) is 0 Å². The van der Waals surface area contributed by atoms with Gasteiger partial charge in [-0.25, -0.2) is 0 Å². The van der Waals surface area contributed by atoms with Gasteiger partial charge in [-0.1, -0.05) is 30.3 Å². The lowest BCUT2D eigenvalue weighted by Gasteiger charge is -2.11. The van der Waals surface area contributed by atoms with Crippen molar-refractivity contribution in [3.63, 3.8) is 0 Å². The maximum atomic E-state index is 4.23. The van der Waals surface area contributed by atoms with E-state index in [0.717, 1.165) is 22.5 Å². The van der Waals surface area contributed by atoms with Crippen molar-refractivity contribution in [2.75, 3.05) is 19.0 Å². The van der Waals surface area contributed by atoms with Crippen LogP contribution in [0.1, 0.15) is 11.1 Å². The minimum atomic E-state index is 0.924. The second kappa shape index (κ2) is 4.69. The average Bonchev–Trinajstić information content (AvgIpc) is 2.83. The van der Waals surface area contributed by atoms with E-state index >= 15 is 0 Å². The molecule has 0 radical (unpaired) electrons. The molecule has 0 amide bonds. The van der Waals surface area contributed by atoms with Crippen LogP contribution < -0.4 is 4.90 Å². The van der Waals surface area contributed by atoms with Gasteiger partial charge in [-0.2, -0.15) is 0 Å². The topological polar surface area (TPSA) is 28.0 Å². The third-order valence-electron chi connectivity index (χ3n) is 3.16. The summed E-state index contributed by atoms with van der Waals surface area (Å²) in [7, 11) is 4.07. The van der Waals surface area contributed by atoms with Gasteiger partial charge >= 0.3 is 0 Å². The Labute approximate surface area is 112 Å². The van der Waals surface area contributed by atoms with Gasteiger partial charge in [0.05, 0.1) is 11.4 Å². The van der Waals surface area contributed by atoms with Gasteiger partial charge in [-0.05, 0) is 29.8 Å². The van der Waals surface area contributed by atoms with E-state index in [0.29, 0.717) is 0 Å². The third kappa shape index (κ3) is 2.27. The van der Waals surface area contributed by atoms with Crippen molar-refractivity contribution in [3.05, 3.63) is 59.7 Å². The molecule has 0 aromatic heterocycles. The van der Waals surface area contributed by atoms with Crippen LogP contribution in [0.3, 0.4) is 0 Å². The first kappa shape index (κ1) is 11.7. The molecular formula is C16H15N3. The zero-order valence-electron chi connectivity index (χ0n) is 11.0. The zero-order chi connectivity index (χ0) is 13.2. The predicted octanol–water partition coefficient (Wildman–Crippen LogP) is 4.35. The molecule has 0 atom stereocenters. The first-order chi connectivity index (χ1) is 9.24. The van der Waals surface area contributed by atoms with Gasteiger partial charge in [0.25, 0.3) is 0 Å². The van der Waals surface area contributed by atoms with Crippen LogP contribution in [0.5, 0.6) is 0 Å². The van der Waals surface area contributed by atoms with Crippen molar-refractivity contribution in [2.24, 2.45) is 10.2 Å². The molecule has 3 rings (SSSR count). The highest BCUT2D eigenvalue weighted by Crippen LogP contribution is 2.35. The average molecular weight is 249 g/mol. The number of anilines is 1. The van der Waals surface area contributed by atoms with Crippen molar-refractivity contribution in [3.8, 4) is 0 Å². The Morgan fingerprint density at radius 2 is 1.63 bits per heavy atom. The fourth-order valence-corrected chi connectivity index (χ4v) is 2.07. The van der Waals surface area contributed by atoms with Gasteiger partial charge in [0, 0.05) is 25.3 Å². The molecule has 0 aliphatic carbocycles. The van der Waals surface area contributed by atoms with Crippen LogP contribution in [-0.4, -0.2) is 14.1 Å². The quantitative estimate of drug-likeness (QED) is 0.777. The van der Waals surface area contributed by atoms with Crippen LogP contribution in [0.2, 0.25) is 0 Å². The molecule has 1 aliphatic rings. The summed E-state index contributed by atoms with van der Waals surface area (Å²) in [6, 6.07) is 16.4. The number of nitrogens with zero attached hydrogens (tertiary/aromatic N) is 3. The summed E-state index contributed by atoms with van der Waals surface area (Å²) >= 11 is 0. The van der Waals surface area contributed by atoms with E-state index in [-0.39, 0.29) is 0 Å². The summed E-state index contributed by atoms with van der Waals surface area (Å²) in [6.45, 7) is 0. The summed E-state index contributed by atoms with van der Waals surface area (Å²) in [5.41, 5.74) is 5.29. The Bertz CT molecular complexity index is 652. The minimum Gasteiger partial charge on any atom is -0.378 e. The van der Waals surface area contributed by atoms with E-state index in [1.165, 1.54) is 5.69 Å². The summed E-state index contributed by atoms with van der Waals surface area (Å²) < 4.78 is 0. The van der Waals surface area contributed by atoms with Gasteiger partial charge in [0.1, 0.15) is 0 Å². The lowest BCUT2D eigenvalue weighted by molar-refractivity contribution is 1.13. The number of azo groups is 1. The fourth-order valence-electron chi connectivity index (χ4n) is 2.07. The fraction of sp³-hybridized carbons (Fsp3) is 0.125. The smallest absolute Gasteiger partial charge is 0.0957 e. The van der Waals surface area contributed by atoms with E-state index in [1.54, 1.807) is 0 Å². The Morgan fingerprint density at radius 1 is 0.895 bits per heavy atom. The number of benzene rings is 2. The highest BCUT2D eigenvalue weighted by atomic mass is 15.1.